The van der Waals surface area contributed by atoms with Crippen molar-refractivity contribution >= 4 is 27.3 Å². The highest BCUT2D eigenvalue weighted by Gasteiger charge is 2.03. The van der Waals surface area contributed by atoms with E-state index in [1.54, 1.807) is 11.3 Å². The molecule has 4 heteroatoms. The van der Waals surface area contributed by atoms with Crippen LogP contribution in [0.4, 0.5) is 0 Å². The van der Waals surface area contributed by atoms with Crippen LogP contribution in [0.3, 0.4) is 0 Å². The van der Waals surface area contributed by atoms with E-state index in [4.69, 9.17) is 0 Å². The average Bonchev–Trinajstić information content (AvgIpc) is 2.76. The number of hydrogen-bond acceptors (Lipinski definition) is 3. The lowest BCUT2D eigenvalue weighted by Gasteiger charge is -1.97. The molecule has 0 unspecified atom stereocenters. The molecule has 1 aromatic heterocycles. The molecule has 0 fully saturated rings. The van der Waals surface area contributed by atoms with Crippen LogP contribution in [0.2, 0.25) is 0 Å². The summed E-state index contributed by atoms with van der Waals surface area (Å²) in [4.78, 5) is 4.59. The Labute approximate surface area is 108 Å². The van der Waals surface area contributed by atoms with E-state index in [0.29, 0.717) is 0 Å². The molecule has 2 aromatic rings. The molecule has 16 heavy (non-hydrogen) atoms. The molecule has 84 valence electrons. The molecular weight excluding hydrogens is 284 g/mol. The molecule has 1 aromatic carbocycles. The second-order valence-electron chi connectivity index (χ2n) is 3.43. The Morgan fingerprint density at radius 2 is 2.06 bits per heavy atom. The first kappa shape index (κ1) is 11.8. The highest BCUT2D eigenvalue weighted by atomic mass is 79.9. The van der Waals surface area contributed by atoms with E-state index in [2.05, 4.69) is 50.7 Å². The summed E-state index contributed by atoms with van der Waals surface area (Å²) in [6, 6.07) is 8.25. The average molecular weight is 297 g/mol. The number of nitrogens with zero attached hydrogens (tertiary/aromatic N) is 1. The third-order valence-electron chi connectivity index (χ3n) is 2.20. The second-order valence-corrected chi connectivity index (χ2v) is 5.20. The summed E-state index contributed by atoms with van der Waals surface area (Å²) in [5.74, 6) is 0. The van der Waals surface area contributed by atoms with Crippen molar-refractivity contribution in [3.63, 3.8) is 0 Å². The van der Waals surface area contributed by atoms with Gasteiger partial charge in [-0.3, -0.25) is 0 Å². The zero-order valence-corrected chi connectivity index (χ0v) is 11.4. The summed E-state index contributed by atoms with van der Waals surface area (Å²) in [7, 11) is 0. The fourth-order valence-corrected chi connectivity index (χ4v) is 2.46. The van der Waals surface area contributed by atoms with Crippen LogP contribution >= 0.6 is 27.3 Å². The van der Waals surface area contributed by atoms with Gasteiger partial charge in [0, 0.05) is 22.0 Å². The van der Waals surface area contributed by atoms with Gasteiger partial charge < -0.3 is 5.32 Å². The van der Waals surface area contributed by atoms with Crippen molar-refractivity contribution in [1.82, 2.24) is 10.3 Å². The van der Waals surface area contributed by atoms with E-state index < -0.39 is 0 Å². The molecule has 0 aliphatic carbocycles. The smallest absolute Gasteiger partial charge is 0.123 e. The van der Waals surface area contributed by atoms with Gasteiger partial charge in [0.05, 0.1) is 5.69 Å². The largest absolute Gasteiger partial charge is 0.311 e. The molecule has 1 heterocycles. The second kappa shape index (κ2) is 5.57. The predicted octanol–water partition coefficient (Wildman–Crippen LogP) is 3.68. The van der Waals surface area contributed by atoms with Gasteiger partial charge in [-0.1, -0.05) is 35.0 Å². The number of nitrogens with one attached hydrogen (secondary N) is 1. The van der Waals surface area contributed by atoms with Gasteiger partial charge in [0.2, 0.25) is 0 Å². The van der Waals surface area contributed by atoms with E-state index in [0.717, 1.165) is 28.3 Å². The van der Waals surface area contributed by atoms with Gasteiger partial charge in [0.25, 0.3) is 0 Å². The molecule has 0 aliphatic heterocycles. The molecule has 0 aliphatic rings. The summed E-state index contributed by atoms with van der Waals surface area (Å²) >= 11 is 5.12. The number of hydrogen-bond donors (Lipinski definition) is 1. The van der Waals surface area contributed by atoms with Crippen LogP contribution < -0.4 is 5.32 Å². The van der Waals surface area contributed by atoms with E-state index >= 15 is 0 Å². The van der Waals surface area contributed by atoms with Crippen molar-refractivity contribution in [2.75, 3.05) is 6.54 Å². The molecule has 0 spiro atoms. The molecule has 2 nitrogen and oxygen atoms in total. The maximum Gasteiger partial charge on any atom is 0.123 e. The molecular formula is C12H13BrN2S. The maximum absolute atomic E-state index is 4.59. The summed E-state index contributed by atoms with van der Waals surface area (Å²) in [6.45, 7) is 3.93. The number of rotatable bonds is 4. The van der Waals surface area contributed by atoms with Crippen LogP contribution in [0.25, 0.3) is 10.6 Å². The van der Waals surface area contributed by atoms with Crippen molar-refractivity contribution in [3.05, 3.63) is 39.8 Å². The maximum atomic E-state index is 4.59. The third kappa shape index (κ3) is 2.90. The molecule has 0 saturated heterocycles. The lowest BCUT2D eigenvalue weighted by molar-refractivity contribution is 0.715. The molecule has 2 rings (SSSR count). The molecule has 0 amide bonds. The van der Waals surface area contributed by atoms with Gasteiger partial charge in [-0.25, -0.2) is 4.98 Å². The van der Waals surface area contributed by atoms with Crippen LogP contribution in [0.1, 0.15) is 12.6 Å². The summed E-state index contributed by atoms with van der Waals surface area (Å²) in [5.41, 5.74) is 2.29. The molecule has 0 atom stereocenters. The summed E-state index contributed by atoms with van der Waals surface area (Å²) in [6.07, 6.45) is 0. The minimum Gasteiger partial charge on any atom is -0.311 e. The Morgan fingerprint density at radius 3 is 2.75 bits per heavy atom. The van der Waals surface area contributed by atoms with Crippen LogP contribution in [-0.4, -0.2) is 11.5 Å². The van der Waals surface area contributed by atoms with Crippen LogP contribution in [-0.2, 0) is 6.54 Å². The van der Waals surface area contributed by atoms with Gasteiger partial charge >= 0.3 is 0 Å². The zero-order chi connectivity index (χ0) is 11.4. The van der Waals surface area contributed by atoms with Crippen LogP contribution in [0.5, 0.6) is 0 Å². The highest BCUT2D eigenvalue weighted by molar-refractivity contribution is 9.10. The Hall–Kier alpha value is -0.710. The number of halogens is 1. The Kier molecular flexibility index (Phi) is 4.09. The fourth-order valence-electron chi connectivity index (χ4n) is 1.37. The zero-order valence-electron chi connectivity index (χ0n) is 9.03. The van der Waals surface area contributed by atoms with E-state index in [9.17, 15) is 0 Å². The lowest BCUT2D eigenvalue weighted by Crippen LogP contribution is -2.11. The topological polar surface area (TPSA) is 24.9 Å². The van der Waals surface area contributed by atoms with E-state index in [-0.39, 0.29) is 0 Å². The molecule has 1 N–H and O–H groups in total. The summed E-state index contributed by atoms with van der Waals surface area (Å²) in [5, 5.41) is 6.47. The van der Waals surface area contributed by atoms with Crippen LogP contribution in [0, 0.1) is 0 Å². The van der Waals surface area contributed by atoms with Crippen molar-refractivity contribution in [1.29, 1.82) is 0 Å². The fraction of sp³-hybridized carbons (Fsp3) is 0.250. The van der Waals surface area contributed by atoms with Gasteiger partial charge in [-0.15, -0.1) is 11.3 Å². The van der Waals surface area contributed by atoms with Crippen LogP contribution in [0.15, 0.2) is 34.1 Å². The first-order valence-electron chi connectivity index (χ1n) is 5.20. The number of benzene rings is 1. The molecule has 0 bridgehead atoms. The normalized spacial score (nSPS) is 10.6. The highest BCUT2D eigenvalue weighted by Crippen LogP contribution is 2.25. The van der Waals surface area contributed by atoms with Gasteiger partial charge in [0.1, 0.15) is 5.01 Å². The van der Waals surface area contributed by atoms with E-state index in [1.807, 2.05) is 12.1 Å². The molecule has 0 saturated carbocycles. The van der Waals surface area contributed by atoms with Crippen molar-refractivity contribution in [2.24, 2.45) is 0 Å². The molecule has 0 radical (unpaired) electrons. The minimum absolute atomic E-state index is 0.851. The monoisotopic (exact) mass is 296 g/mol. The Morgan fingerprint density at radius 1 is 1.31 bits per heavy atom. The van der Waals surface area contributed by atoms with Gasteiger partial charge in [0.15, 0.2) is 0 Å². The van der Waals surface area contributed by atoms with Crippen molar-refractivity contribution in [2.45, 2.75) is 13.5 Å². The number of aromatic nitrogens is 1. The predicted molar refractivity (Wildman–Crippen MR) is 72.6 cm³/mol. The third-order valence-corrected chi connectivity index (χ3v) is 3.67. The first-order valence-corrected chi connectivity index (χ1v) is 6.88. The lowest BCUT2D eigenvalue weighted by atomic mass is 10.2. The first-order chi connectivity index (χ1) is 7.79. The minimum atomic E-state index is 0.851. The van der Waals surface area contributed by atoms with Crippen molar-refractivity contribution < 1.29 is 0 Å². The SMILES string of the molecule is CCNCc1csc(-c2ccc(Br)cc2)n1. The Balaban J connectivity index is 2.15. The van der Waals surface area contributed by atoms with Crippen molar-refractivity contribution in [3.8, 4) is 10.6 Å². The quantitative estimate of drug-likeness (QED) is 0.931. The van der Waals surface area contributed by atoms with Gasteiger partial charge in [-0.2, -0.15) is 0 Å². The Bertz CT molecular complexity index is 450. The summed E-state index contributed by atoms with van der Waals surface area (Å²) < 4.78 is 1.10. The van der Waals surface area contributed by atoms with E-state index in [1.165, 1.54) is 5.56 Å². The standard InChI is InChI=1S/C12H13BrN2S/c1-2-14-7-11-8-16-12(15-11)9-3-5-10(13)6-4-9/h3-6,8,14H,2,7H2,1H3. The van der Waals surface area contributed by atoms with Gasteiger partial charge in [-0.05, 0) is 18.7 Å². The number of thiazole rings is 1.